The van der Waals surface area contributed by atoms with Gasteiger partial charge in [-0.15, -0.1) is 0 Å². The van der Waals surface area contributed by atoms with E-state index >= 15 is 0 Å². The summed E-state index contributed by atoms with van der Waals surface area (Å²) in [6.45, 7) is 2.61. The Labute approximate surface area is 118 Å². The minimum Gasteiger partial charge on any atom is -0.497 e. The molecule has 1 atom stereocenters. The number of halogens is 1. The summed E-state index contributed by atoms with van der Waals surface area (Å²) in [6, 6.07) is 4.32. The lowest BCUT2D eigenvalue weighted by molar-refractivity contribution is 0.0760. The Bertz CT molecular complexity index is 473. The molecule has 0 aromatic heterocycles. The number of benzene rings is 1. The number of ether oxygens (including phenoxy) is 1. The zero-order valence-corrected chi connectivity index (χ0v) is 12.0. The standard InChI is InChI=1S/C15H21FN2O2/c1-18(10-11-4-3-7-17-9-11)15(19)13-6-5-12(20-2)8-14(13)16/h5-6,8,11,17H,3-4,7,9-10H2,1-2H3. The number of nitrogens with zero attached hydrogens (tertiary/aromatic N) is 1. The topological polar surface area (TPSA) is 41.6 Å². The first kappa shape index (κ1) is 14.8. The minimum absolute atomic E-state index is 0.0945. The third kappa shape index (κ3) is 3.48. The molecule has 1 aromatic carbocycles. The number of methoxy groups -OCH3 is 1. The summed E-state index contributed by atoms with van der Waals surface area (Å²) in [4.78, 5) is 13.9. The van der Waals surface area contributed by atoms with Crippen LogP contribution >= 0.6 is 0 Å². The molecule has 1 saturated heterocycles. The zero-order chi connectivity index (χ0) is 14.5. The summed E-state index contributed by atoms with van der Waals surface area (Å²) < 4.78 is 18.8. The highest BCUT2D eigenvalue weighted by Gasteiger charge is 2.21. The fourth-order valence-corrected chi connectivity index (χ4v) is 2.55. The van der Waals surface area contributed by atoms with E-state index in [4.69, 9.17) is 4.74 Å². The molecule has 20 heavy (non-hydrogen) atoms. The molecule has 0 bridgehead atoms. The number of nitrogens with one attached hydrogen (secondary N) is 1. The maximum absolute atomic E-state index is 13.9. The lowest BCUT2D eigenvalue weighted by Gasteiger charge is -2.27. The van der Waals surface area contributed by atoms with Crippen molar-refractivity contribution in [2.45, 2.75) is 12.8 Å². The van der Waals surface area contributed by atoms with Crippen molar-refractivity contribution in [3.63, 3.8) is 0 Å². The molecule has 1 unspecified atom stereocenters. The van der Waals surface area contributed by atoms with Gasteiger partial charge < -0.3 is 15.0 Å². The molecule has 1 amide bonds. The molecule has 1 N–H and O–H groups in total. The van der Waals surface area contributed by atoms with Gasteiger partial charge in [-0.05, 0) is 44.0 Å². The van der Waals surface area contributed by atoms with Gasteiger partial charge in [0.1, 0.15) is 11.6 Å². The van der Waals surface area contributed by atoms with Crippen molar-refractivity contribution >= 4 is 5.91 Å². The number of piperidine rings is 1. The van der Waals surface area contributed by atoms with E-state index in [9.17, 15) is 9.18 Å². The Morgan fingerprint density at radius 3 is 2.95 bits per heavy atom. The summed E-state index contributed by atoms with van der Waals surface area (Å²) in [6.07, 6.45) is 2.24. The molecule has 0 spiro atoms. The lowest BCUT2D eigenvalue weighted by Crippen LogP contribution is -2.39. The number of amides is 1. The van der Waals surface area contributed by atoms with Crippen LogP contribution in [0.2, 0.25) is 0 Å². The van der Waals surface area contributed by atoms with Crippen LogP contribution in [0.1, 0.15) is 23.2 Å². The van der Waals surface area contributed by atoms with Gasteiger partial charge in [-0.1, -0.05) is 0 Å². The first-order valence-corrected chi connectivity index (χ1v) is 6.91. The molecule has 2 rings (SSSR count). The molecule has 1 fully saturated rings. The van der Waals surface area contributed by atoms with Gasteiger partial charge in [-0.3, -0.25) is 4.79 Å². The second-order valence-corrected chi connectivity index (χ2v) is 5.24. The van der Waals surface area contributed by atoms with Crippen molar-refractivity contribution in [3.8, 4) is 5.75 Å². The van der Waals surface area contributed by atoms with Crippen molar-refractivity contribution in [2.24, 2.45) is 5.92 Å². The highest BCUT2D eigenvalue weighted by molar-refractivity contribution is 5.94. The summed E-state index contributed by atoms with van der Waals surface area (Å²) in [7, 11) is 3.19. The summed E-state index contributed by atoms with van der Waals surface area (Å²) >= 11 is 0. The predicted octanol–water partition coefficient (Wildman–Crippen LogP) is 1.91. The van der Waals surface area contributed by atoms with E-state index in [-0.39, 0.29) is 11.5 Å². The SMILES string of the molecule is COc1ccc(C(=O)N(C)CC2CCCNC2)c(F)c1. The van der Waals surface area contributed by atoms with E-state index < -0.39 is 5.82 Å². The molecular formula is C15H21FN2O2. The number of hydrogen-bond donors (Lipinski definition) is 1. The van der Waals surface area contributed by atoms with Crippen LogP contribution in [-0.4, -0.2) is 44.6 Å². The zero-order valence-electron chi connectivity index (χ0n) is 12.0. The monoisotopic (exact) mass is 280 g/mol. The first-order valence-electron chi connectivity index (χ1n) is 6.91. The van der Waals surface area contributed by atoms with Crippen LogP contribution in [0.3, 0.4) is 0 Å². The molecule has 0 aliphatic carbocycles. The molecule has 1 heterocycles. The summed E-state index contributed by atoms with van der Waals surface area (Å²) in [5.41, 5.74) is 0.0945. The van der Waals surface area contributed by atoms with E-state index in [2.05, 4.69) is 5.32 Å². The van der Waals surface area contributed by atoms with Crippen LogP contribution in [0.5, 0.6) is 5.75 Å². The van der Waals surface area contributed by atoms with Gasteiger partial charge >= 0.3 is 0 Å². The molecule has 0 radical (unpaired) electrons. The molecule has 4 nitrogen and oxygen atoms in total. The van der Waals surface area contributed by atoms with Crippen molar-refractivity contribution < 1.29 is 13.9 Å². The van der Waals surface area contributed by atoms with Crippen molar-refractivity contribution in [2.75, 3.05) is 33.8 Å². The number of carbonyl (C=O) groups excluding carboxylic acids is 1. The van der Waals surface area contributed by atoms with Gasteiger partial charge in [0.25, 0.3) is 5.91 Å². The van der Waals surface area contributed by atoms with Crippen LogP contribution < -0.4 is 10.1 Å². The third-order valence-electron chi connectivity index (χ3n) is 3.68. The van der Waals surface area contributed by atoms with E-state index in [1.807, 2.05) is 0 Å². The molecule has 110 valence electrons. The van der Waals surface area contributed by atoms with Crippen LogP contribution in [0.25, 0.3) is 0 Å². The first-order chi connectivity index (χ1) is 9.61. The Balaban J connectivity index is 2.02. The van der Waals surface area contributed by atoms with Gasteiger partial charge in [0.05, 0.1) is 12.7 Å². The van der Waals surface area contributed by atoms with Crippen LogP contribution in [0, 0.1) is 11.7 Å². The molecular weight excluding hydrogens is 259 g/mol. The van der Waals surface area contributed by atoms with Crippen molar-refractivity contribution in [1.82, 2.24) is 10.2 Å². The van der Waals surface area contributed by atoms with E-state index in [0.29, 0.717) is 18.2 Å². The van der Waals surface area contributed by atoms with Crippen LogP contribution in [0.15, 0.2) is 18.2 Å². The average molecular weight is 280 g/mol. The van der Waals surface area contributed by atoms with E-state index in [0.717, 1.165) is 25.9 Å². The molecule has 5 heteroatoms. The number of hydrogen-bond acceptors (Lipinski definition) is 3. The van der Waals surface area contributed by atoms with Crippen molar-refractivity contribution in [3.05, 3.63) is 29.6 Å². The quantitative estimate of drug-likeness (QED) is 0.916. The average Bonchev–Trinajstić information content (AvgIpc) is 2.47. The Morgan fingerprint density at radius 1 is 1.55 bits per heavy atom. The fraction of sp³-hybridized carbons (Fsp3) is 0.533. The van der Waals surface area contributed by atoms with Crippen LogP contribution in [-0.2, 0) is 0 Å². The maximum atomic E-state index is 13.9. The highest BCUT2D eigenvalue weighted by Crippen LogP contribution is 2.18. The minimum atomic E-state index is -0.539. The van der Waals surface area contributed by atoms with Gasteiger partial charge in [0, 0.05) is 19.7 Å². The fourth-order valence-electron chi connectivity index (χ4n) is 2.55. The Kier molecular flexibility index (Phi) is 4.95. The van der Waals surface area contributed by atoms with E-state index in [1.54, 1.807) is 18.0 Å². The van der Waals surface area contributed by atoms with E-state index in [1.165, 1.54) is 19.2 Å². The molecule has 1 aliphatic rings. The second kappa shape index (κ2) is 6.70. The summed E-state index contributed by atoms with van der Waals surface area (Å²) in [5, 5.41) is 3.32. The maximum Gasteiger partial charge on any atom is 0.256 e. The van der Waals surface area contributed by atoms with Crippen LogP contribution in [0.4, 0.5) is 4.39 Å². The second-order valence-electron chi connectivity index (χ2n) is 5.24. The number of rotatable bonds is 4. The normalized spacial score (nSPS) is 18.6. The van der Waals surface area contributed by atoms with Crippen molar-refractivity contribution in [1.29, 1.82) is 0 Å². The van der Waals surface area contributed by atoms with Gasteiger partial charge in [-0.2, -0.15) is 0 Å². The van der Waals surface area contributed by atoms with Gasteiger partial charge in [-0.25, -0.2) is 4.39 Å². The van der Waals surface area contributed by atoms with Gasteiger partial charge in [0.15, 0.2) is 0 Å². The third-order valence-corrected chi connectivity index (χ3v) is 3.68. The largest absolute Gasteiger partial charge is 0.497 e. The Morgan fingerprint density at radius 2 is 2.35 bits per heavy atom. The summed E-state index contributed by atoms with van der Waals surface area (Å²) in [5.74, 6) is 0.0379. The molecule has 0 saturated carbocycles. The molecule has 1 aromatic rings. The predicted molar refractivity (Wildman–Crippen MR) is 75.5 cm³/mol. The lowest BCUT2D eigenvalue weighted by atomic mass is 9.99. The Hall–Kier alpha value is -1.62. The smallest absolute Gasteiger partial charge is 0.256 e. The number of carbonyl (C=O) groups is 1. The highest BCUT2D eigenvalue weighted by atomic mass is 19.1. The molecule has 1 aliphatic heterocycles. The van der Waals surface area contributed by atoms with Gasteiger partial charge in [0.2, 0.25) is 0 Å².